The second-order valence-electron chi connectivity index (χ2n) is 4.14. The predicted octanol–water partition coefficient (Wildman–Crippen LogP) is 5.24. The summed E-state index contributed by atoms with van der Waals surface area (Å²) in [5, 5.41) is 0. The number of carbonyl (C=O) groups is 1. The monoisotopic (exact) mass is 476 g/mol. The number of rotatable bonds is 5. The van der Waals surface area contributed by atoms with Crippen molar-refractivity contribution in [2.24, 2.45) is 0 Å². The number of hydrogen-bond donors (Lipinski definition) is 0. The molecule has 0 saturated carbocycles. The number of hydrogen-bond acceptors (Lipinski definition) is 3. The van der Waals surface area contributed by atoms with Crippen molar-refractivity contribution in [1.29, 1.82) is 0 Å². The molecule has 0 aliphatic carbocycles. The van der Waals surface area contributed by atoms with Crippen LogP contribution >= 0.6 is 47.8 Å². The zero-order valence-corrected chi connectivity index (χ0v) is 15.8. The van der Waals surface area contributed by atoms with Crippen LogP contribution in [0.4, 0.5) is 0 Å². The molecular weight excluding hydrogens is 468 g/mol. The quantitative estimate of drug-likeness (QED) is 0.551. The Morgan fingerprint density at radius 3 is 2.19 bits per heavy atom. The van der Waals surface area contributed by atoms with Crippen LogP contribution in [0.2, 0.25) is 0 Å². The van der Waals surface area contributed by atoms with Crippen molar-refractivity contribution >= 4 is 53.6 Å². The number of ether oxygens (including phenoxy) is 2. The van der Waals surface area contributed by atoms with Crippen LogP contribution in [0, 0.1) is 0 Å². The first-order valence-corrected chi connectivity index (χ1v) is 8.33. The SMILES string of the molecule is COc1cc(Br)c(OCC(=O)c2ccc(Br)cc2)cc1Br. The van der Waals surface area contributed by atoms with E-state index in [-0.39, 0.29) is 12.4 Å². The minimum Gasteiger partial charge on any atom is -0.496 e. The molecule has 0 radical (unpaired) electrons. The molecule has 2 aromatic rings. The maximum Gasteiger partial charge on any atom is 0.200 e. The number of Topliss-reactive ketones (excluding diaryl/α,β-unsaturated/α-hetero) is 1. The van der Waals surface area contributed by atoms with E-state index >= 15 is 0 Å². The van der Waals surface area contributed by atoms with E-state index in [2.05, 4.69) is 47.8 Å². The molecule has 0 amide bonds. The Morgan fingerprint density at radius 2 is 1.57 bits per heavy atom. The van der Waals surface area contributed by atoms with Gasteiger partial charge in [-0.25, -0.2) is 0 Å². The third-order valence-corrected chi connectivity index (χ3v) is 4.50. The summed E-state index contributed by atoms with van der Waals surface area (Å²) in [6, 6.07) is 10.7. The summed E-state index contributed by atoms with van der Waals surface area (Å²) in [6.45, 7) is -0.0288. The highest BCUT2D eigenvalue weighted by Crippen LogP contribution is 2.36. The Bertz CT molecular complexity index is 654. The number of ketones is 1. The summed E-state index contributed by atoms with van der Waals surface area (Å²) in [4.78, 5) is 12.1. The van der Waals surface area contributed by atoms with Gasteiger partial charge in [0.2, 0.25) is 0 Å². The lowest BCUT2D eigenvalue weighted by Gasteiger charge is -2.11. The Labute approximate surface area is 148 Å². The fourth-order valence-corrected chi connectivity index (χ4v) is 2.83. The van der Waals surface area contributed by atoms with Crippen LogP contribution < -0.4 is 9.47 Å². The van der Waals surface area contributed by atoms with Crippen molar-refractivity contribution in [1.82, 2.24) is 0 Å². The average Bonchev–Trinajstić information content (AvgIpc) is 2.48. The van der Waals surface area contributed by atoms with Gasteiger partial charge in [-0.2, -0.15) is 0 Å². The van der Waals surface area contributed by atoms with Crippen LogP contribution in [-0.4, -0.2) is 19.5 Å². The topological polar surface area (TPSA) is 35.5 Å². The highest BCUT2D eigenvalue weighted by atomic mass is 79.9. The molecule has 21 heavy (non-hydrogen) atoms. The zero-order chi connectivity index (χ0) is 15.4. The highest BCUT2D eigenvalue weighted by molar-refractivity contribution is 9.11. The summed E-state index contributed by atoms with van der Waals surface area (Å²) in [6.07, 6.45) is 0. The lowest BCUT2D eigenvalue weighted by atomic mass is 10.1. The third kappa shape index (κ3) is 4.31. The van der Waals surface area contributed by atoms with Crippen molar-refractivity contribution in [2.75, 3.05) is 13.7 Å². The minimum absolute atomic E-state index is 0.0288. The predicted molar refractivity (Wildman–Crippen MR) is 92.4 cm³/mol. The van der Waals surface area contributed by atoms with Gasteiger partial charge in [0.15, 0.2) is 12.4 Å². The molecule has 3 nitrogen and oxygen atoms in total. The molecule has 0 bridgehead atoms. The largest absolute Gasteiger partial charge is 0.496 e. The number of carbonyl (C=O) groups excluding carboxylic acids is 1. The van der Waals surface area contributed by atoms with Gasteiger partial charge in [0.25, 0.3) is 0 Å². The van der Waals surface area contributed by atoms with Crippen molar-refractivity contribution in [3.63, 3.8) is 0 Å². The summed E-state index contributed by atoms with van der Waals surface area (Å²) in [5.41, 5.74) is 0.613. The molecule has 6 heteroatoms. The maximum absolute atomic E-state index is 12.1. The molecule has 0 N–H and O–H groups in total. The van der Waals surface area contributed by atoms with E-state index in [1.165, 1.54) is 0 Å². The Morgan fingerprint density at radius 1 is 1.00 bits per heavy atom. The van der Waals surface area contributed by atoms with Gasteiger partial charge in [-0.1, -0.05) is 28.1 Å². The van der Waals surface area contributed by atoms with Crippen LogP contribution in [-0.2, 0) is 0 Å². The van der Waals surface area contributed by atoms with Crippen molar-refractivity contribution in [2.45, 2.75) is 0 Å². The molecule has 0 unspecified atom stereocenters. The van der Waals surface area contributed by atoms with Gasteiger partial charge in [-0.05, 0) is 56.1 Å². The second-order valence-corrected chi connectivity index (χ2v) is 6.76. The van der Waals surface area contributed by atoms with Crippen LogP contribution in [0.5, 0.6) is 11.5 Å². The molecule has 0 fully saturated rings. The fraction of sp³-hybridized carbons (Fsp3) is 0.133. The van der Waals surface area contributed by atoms with Gasteiger partial charge in [0, 0.05) is 10.0 Å². The van der Waals surface area contributed by atoms with E-state index < -0.39 is 0 Å². The average molecular weight is 479 g/mol. The van der Waals surface area contributed by atoms with E-state index in [1.54, 1.807) is 31.4 Å². The molecule has 0 atom stereocenters. The van der Waals surface area contributed by atoms with Gasteiger partial charge in [-0.3, -0.25) is 4.79 Å². The van der Waals surface area contributed by atoms with Crippen molar-refractivity contribution < 1.29 is 14.3 Å². The first-order chi connectivity index (χ1) is 10.0. The standard InChI is InChI=1S/C15H11Br3O3/c1-20-14-6-12(18)15(7-11(14)17)21-8-13(19)9-2-4-10(16)5-3-9/h2-7H,8H2,1H3. The van der Waals surface area contributed by atoms with Gasteiger partial charge >= 0.3 is 0 Å². The molecule has 110 valence electrons. The normalized spacial score (nSPS) is 10.3. The smallest absolute Gasteiger partial charge is 0.200 e. The number of halogens is 3. The van der Waals surface area contributed by atoms with Crippen LogP contribution in [0.25, 0.3) is 0 Å². The number of benzene rings is 2. The number of methoxy groups -OCH3 is 1. The lowest BCUT2D eigenvalue weighted by Crippen LogP contribution is -2.11. The molecule has 0 saturated heterocycles. The van der Waals surface area contributed by atoms with Crippen LogP contribution in [0.3, 0.4) is 0 Å². The molecule has 0 aromatic heterocycles. The third-order valence-electron chi connectivity index (χ3n) is 2.73. The second kappa shape index (κ2) is 7.42. The van der Waals surface area contributed by atoms with Gasteiger partial charge in [0.1, 0.15) is 11.5 Å². The minimum atomic E-state index is -0.0821. The van der Waals surface area contributed by atoms with E-state index in [9.17, 15) is 4.79 Å². The van der Waals surface area contributed by atoms with Crippen LogP contribution in [0.15, 0.2) is 49.8 Å². The van der Waals surface area contributed by atoms with E-state index in [0.717, 1.165) is 13.4 Å². The maximum atomic E-state index is 12.1. The van der Waals surface area contributed by atoms with E-state index in [4.69, 9.17) is 9.47 Å². The van der Waals surface area contributed by atoms with Gasteiger partial charge < -0.3 is 9.47 Å². The highest BCUT2D eigenvalue weighted by Gasteiger charge is 2.11. The van der Waals surface area contributed by atoms with Crippen molar-refractivity contribution in [3.05, 3.63) is 55.4 Å². The summed E-state index contributed by atoms with van der Waals surface area (Å²) in [5.74, 6) is 1.18. The van der Waals surface area contributed by atoms with Gasteiger partial charge in [-0.15, -0.1) is 0 Å². The zero-order valence-electron chi connectivity index (χ0n) is 11.0. The molecule has 0 aliphatic heterocycles. The van der Waals surface area contributed by atoms with E-state index in [1.807, 2.05) is 12.1 Å². The fourth-order valence-electron chi connectivity index (χ4n) is 1.64. The molecule has 2 aromatic carbocycles. The molecular formula is C15H11Br3O3. The summed E-state index contributed by atoms with van der Waals surface area (Å²) >= 11 is 10.1. The summed E-state index contributed by atoms with van der Waals surface area (Å²) in [7, 11) is 1.59. The Hall–Kier alpha value is -0.850. The van der Waals surface area contributed by atoms with Gasteiger partial charge in [0.05, 0.1) is 16.1 Å². The lowest BCUT2D eigenvalue weighted by molar-refractivity contribution is 0.0921. The van der Waals surface area contributed by atoms with Crippen molar-refractivity contribution in [3.8, 4) is 11.5 Å². The summed E-state index contributed by atoms with van der Waals surface area (Å²) < 4.78 is 13.2. The molecule has 0 heterocycles. The molecule has 0 spiro atoms. The Balaban J connectivity index is 2.07. The molecule has 0 aliphatic rings. The first kappa shape index (κ1) is 16.5. The molecule has 2 rings (SSSR count). The van der Waals surface area contributed by atoms with Crippen LogP contribution in [0.1, 0.15) is 10.4 Å². The first-order valence-electron chi connectivity index (χ1n) is 5.96. The van der Waals surface area contributed by atoms with E-state index in [0.29, 0.717) is 17.1 Å². The Kier molecular flexibility index (Phi) is 5.84.